The Morgan fingerprint density at radius 2 is 1.50 bits per heavy atom. The standard InChI is InChI=1S/C19H31NO2/c1-2-3-4-5-6-7-8-9-10-11-12-16-15-17(20)13-14-18(16)19(21)22/h13-15H,2-12,20H2,1H3,(H,21,22)/p-1. The molecular formula is C19H30NO2-. The van der Waals surface area contributed by atoms with Gasteiger partial charge in [0.25, 0.3) is 0 Å². The predicted octanol–water partition coefficient (Wildman–Crippen LogP) is 4.10. The Morgan fingerprint density at radius 3 is 2.05 bits per heavy atom. The summed E-state index contributed by atoms with van der Waals surface area (Å²) in [7, 11) is 0. The number of hydrogen-bond donors (Lipinski definition) is 1. The summed E-state index contributed by atoms with van der Waals surface area (Å²) in [4.78, 5) is 11.1. The van der Waals surface area contributed by atoms with Gasteiger partial charge in [0.15, 0.2) is 0 Å². The van der Waals surface area contributed by atoms with Crippen molar-refractivity contribution < 1.29 is 9.90 Å². The third-order valence-electron chi connectivity index (χ3n) is 4.15. The summed E-state index contributed by atoms with van der Waals surface area (Å²) in [6.45, 7) is 2.24. The lowest BCUT2D eigenvalue weighted by atomic mass is 9.99. The van der Waals surface area contributed by atoms with Crippen molar-refractivity contribution in [1.82, 2.24) is 0 Å². The van der Waals surface area contributed by atoms with E-state index in [-0.39, 0.29) is 5.56 Å². The van der Waals surface area contributed by atoms with Crippen molar-refractivity contribution in [2.24, 2.45) is 0 Å². The highest BCUT2D eigenvalue weighted by Crippen LogP contribution is 2.17. The number of carbonyl (C=O) groups is 1. The van der Waals surface area contributed by atoms with Crippen LogP contribution in [0.3, 0.4) is 0 Å². The zero-order valence-electron chi connectivity index (χ0n) is 13.9. The number of carboxylic acid groups (broad SMARTS) is 1. The number of rotatable bonds is 12. The van der Waals surface area contributed by atoms with E-state index in [1.165, 1.54) is 51.4 Å². The molecule has 3 heteroatoms. The van der Waals surface area contributed by atoms with Crippen LogP contribution in [0.2, 0.25) is 0 Å². The lowest BCUT2D eigenvalue weighted by Crippen LogP contribution is -2.23. The molecule has 0 aliphatic carbocycles. The van der Waals surface area contributed by atoms with Gasteiger partial charge in [-0.1, -0.05) is 70.8 Å². The van der Waals surface area contributed by atoms with Crippen LogP contribution in [0.25, 0.3) is 0 Å². The SMILES string of the molecule is CCCCCCCCCCCCc1cc(N)ccc1C(=O)[O-]. The molecule has 3 nitrogen and oxygen atoms in total. The van der Waals surface area contributed by atoms with Gasteiger partial charge >= 0.3 is 0 Å². The zero-order chi connectivity index (χ0) is 16.2. The van der Waals surface area contributed by atoms with E-state index in [0.29, 0.717) is 5.69 Å². The average Bonchev–Trinajstić information content (AvgIpc) is 2.49. The number of carboxylic acids is 1. The molecule has 124 valence electrons. The fourth-order valence-electron chi connectivity index (χ4n) is 2.82. The molecule has 0 unspecified atom stereocenters. The maximum atomic E-state index is 11.1. The van der Waals surface area contributed by atoms with Crippen molar-refractivity contribution in [2.45, 2.75) is 77.6 Å². The molecule has 22 heavy (non-hydrogen) atoms. The van der Waals surface area contributed by atoms with Crippen LogP contribution in [0, 0.1) is 0 Å². The van der Waals surface area contributed by atoms with Crippen LogP contribution in [0.4, 0.5) is 5.69 Å². The summed E-state index contributed by atoms with van der Waals surface area (Å²) in [6, 6.07) is 4.93. The first-order chi connectivity index (χ1) is 10.6. The second-order valence-electron chi connectivity index (χ2n) is 6.14. The highest BCUT2D eigenvalue weighted by Gasteiger charge is 2.04. The Labute approximate surface area is 134 Å². The smallest absolute Gasteiger partial charge is 0.0718 e. The Kier molecular flexibility index (Phi) is 9.36. The van der Waals surface area contributed by atoms with Gasteiger partial charge in [0.1, 0.15) is 0 Å². The number of aromatic carboxylic acids is 1. The van der Waals surface area contributed by atoms with Gasteiger partial charge in [0.05, 0.1) is 5.97 Å². The van der Waals surface area contributed by atoms with Crippen molar-refractivity contribution >= 4 is 11.7 Å². The van der Waals surface area contributed by atoms with Crippen LogP contribution in [0.15, 0.2) is 18.2 Å². The molecule has 0 saturated carbocycles. The summed E-state index contributed by atoms with van der Waals surface area (Å²) in [6.07, 6.45) is 13.5. The van der Waals surface area contributed by atoms with Gasteiger partial charge < -0.3 is 15.6 Å². The van der Waals surface area contributed by atoms with Crippen molar-refractivity contribution in [3.8, 4) is 0 Å². The van der Waals surface area contributed by atoms with E-state index < -0.39 is 5.97 Å². The molecule has 0 fully saturated rings. The highest BCUT2D eigenvalue weighted by atomic mass is 16.4. The normalized spacial score (nSPS) is 10.8. The lowest BCUT2D eigenvalue weighted by molar-refractivity contribution is -0.255. The first-order valence-corrected chi connectivity index (χ1v) is 8.75. The van der Waals surface area contributed by atoms with E-state index in [9.17, 15) is 9.90 Å². The van der Waals surface area contributed by atoms with Crippen LogP contribution < -0.4 is 10.8 Å². The second-order valence-corrected chi connectivity index (χ2v) is 6.14. The average molecular weight is 304 g/mol. The Hall–Kier alpha value is -1.51. The Bertz CT molecular complexity index is 443. The Morgan fingerprint density at radius 1 is 0.955 bits per heavy atom. The van der Waals surface area contributed by atoms with Crippen LogP contribution in [0.5, 0.6) is 0 Å². The molecular weight excluding hydrogens is 274 g/mol. The predicted molar refractivity (Wildman–Crippen MR) is 90.7 cm³/mol. The largest absolute Gasteiger partial charge is 0.545 e. The summed E-state index contributed by atoms with van der Waals surface area (Å²) in [5.41, 5.74) is 7.44. The number of benzene rings is 1. The van der Waals surface area contributed by atoms with E-state index in [0.717, 1.165) is 24.8 Å². The van der Waals surface area contributed by atoms with Gasteiger partial charge in [0, 0.05) is 11.3 Å². The van der Waals surface area contributed by atoms with Gasteiger partial charge in [-0.15, -0.1) is 0 Å². The minimum atomic E-state index is -1.11. The maximum absolute atomic E-state index is 11.1. The quantitative estimate of drug-likeness (QED) is 0.467. The Balaban J connectivity index is 2.15. The fraction of sp³-hybridized carbons (Fsp3) is 0.632. The third-order valence-corrected chi connectivity index (χ3v) is 4.15. The van der Waals surface area contributed by atoms with Gasteiger partial charge in [-0.3, -0.25) is 0 Å². The number of nitrogen functional groups attached to an aromatic ring is 1. The molecule has 0 bridgehead atoms. The molecule has 0 amide bonds. The number of hydrogen-bond acceptors (Lipinski definition) is 3. The van der Waals surface area contributed by atoms with Gasteiger partial charge in [-0.25, -0.2) is 0 Å². The fourth-order valence-corrected chi connectivity index (χ4v) is 2.82. The maximum Gasteiger partial charge on any atom is 0.0718 e. The van der Waals surface area contributed by atoms with E-state index >= 15 is 0 Å². The summed E-state index contributed by atoms with van der Waals surface area (Å²) in [5.74, 6) is -1.11. The van der Waals surface area contributed by atoms with Crippen LogP contribution >= 0.6 is 0 Å². The van der Waals surface area contributed by atoms with E-state index in [1.54, 1.807) is 18.2 Å². The summed E-state index contributed by atoms with van der Waals surface area (Å²) >= 11 is 0. The topological polar surface area (TPSA) is 66.2 Å². The minimum absolute atomic E-state index is 0.283. The van der Waals surface area contributed by atoms with Gasteiger partial charge in [-0.05, 0) is 30.5 Å². The van der Waals surface area contributed by atoms with Crippen molar-refractivity contribution in [3.05, 3.63) is 29.3 Å². The first-order valence-electron chi connectivity index (χ1n) is 8.75. The molecule has 1 aromatic rings. The van der Waals surface area contributed by atoms with Crippen molar-refractivity contribution in [3.63, 3.8) is 0 Å². The number of carbonyl (C=O) groups excluding carboxylic acids is 1. The molecule has 2 N–H and O–H groups in total. The third kappa shape index (κ3) is 7.48. The molecule has 0 saturated heterocycles. The van der Waals surface area contributed by atoms with E-state index in [1.807, 2.05) is 0 Å². The molecule has 0 atom stereocenters. The number of nitrogens with two attached hydrogens (primary N) is 1. The van der Waals surface area contributed by atoms with Gasteiger partial charge in [-0.2, -0.15) is 0 Å². The van der Waals surface area contributed by atoms with Gasteiger partial charge in [0.2, 0.25) is 0 Å². The molecule has 0 aromatic heterocycles. The summed E-state index contributed by atoms with van der Waals surface area (Å²) < 4.78 is 0. The number of anilines is 1. The van der Waals surface area contributed by atoms with E-state index in [2.05, 4.69) is 6.92 Å². The lowest BCUT2D eigenvalue weighted by Gasteiger charge is -2.11. The van der Waals surface area contributed by atoms with E-state index in [4.69, 9.17) is 5.73 Å². The molecule has 0 aliphatic heterocycles. The van der Waals surface area contributed by atoms with Crippen molar-refractivity contribution in [1.29, 1.82) is 0 Å². The minimum Gasteiger partial charge on any atom is -0.545 e. The van der Waals surface area contributed by atoms with Crippen LogP contribution in [-0.4, -0.2) is 5.97 Å². The van der Waals surface area contributed by atoms with Crippen molar-refractivity contribution in [2.75, 3.05) is 5.73 Å². The molecule has 0 aliphatic rings. The summed E-state index contributed by atoms with van der Waals surface area (Å²) in [5, 5.41) is 11.1. The molecule has 0 spiro atoms. The molecule has 0 heterocycles. The van der Waals surface area contributed by atoms with Crippen LogP contribution in [-0.2, 0) is 6.42 Å². The first kappa shape index (κ1) is 18.5. The number of aryl methyl sites for hydroxylation is 1. The van der Waals surface area contributed by atoms with Crippen LogP contribution in [0.1, 0.15) is 87.1 Å². The zero-order valence-corrected chi connectivity index (χ0v) is 13.9. The highest BCUT2D eigenvalue weighted by molar-refractivity contribution is 5.88. The second kappa shape index (κ2) is 11.1. The molecule has 1 aromatic carbocycles. The number of unbranched alkanes of at least 4 members (excludes halogenated alkanes) is 9. The monoisotopic (exact) mass is 304 g/mol. The molecule has 1 rings (SSSR count). The molecule has 0 radical (unpaired) electrons.